The Morgan fingerprint density at radius 3 is 2.65 bits per heavy atom. The molecule has 1 saturated carbocycles. The molecule has 0 aliphatic heterocycles. The lowest BCUT2D eigenvalue weighted by Crippen LogP contribution is -2.22. The number of nitrogens with one attached hydrogen (secondary N) is 1. The number of benzene rings is 1. The Hall–Kier alpha value is -0.470. The Bertz CT molecular complexity index is 385. The summed E-state index contributed by atoms with van der Waals surface area (Å²) in [6.07, 6.45) is 8.15. The molecule has 1 unspecified atom stereocenters. The fraction of sp³-hybridized carbons (Fsp3) is 0.667. The first-order valence-electron chi connectivity index (χ1n) is 8.30. The molecule has 0 radical (unpaired) electrons. The molecule has 0 bridgehead atoms. The molecule has 1 aromatic rings. The second kappa shape index (κ2) is 8.74. The number of hydrogen-bond donors (Lipinski definition) is 1. The van der Waals surface area contributed by atoms with Crippen molar-refractivity contribution in [1.82, 2.24) is 5.32 Å². The molecule has 2 rings (SSSR count). The van der Waals surface area contributed by atoms with Crippen molar-refractivity contribution >= 4 is 11.8 Å². The van der Waals surface area contributed by atoms with Gasteiger partial charge in [-0.05, 0) is 49.8 Å². The van der Waals surface area contributed by atoms with Crippen LogP contribution in [0, 0.1) is 5.92 Å². The molecule has 1 N–H and O–H groups in total. The lowest BCUT2D eigenvalue weighted by molar-refractivity contribution is 0.512. The van der Waals surface area contributed by atoms with Gasteiger partial charge >= 0.3 is 0 Å². The van der Waals surface area contributed by atoms with Crippen LogP contribution >= 0.6 is 11.8 Å². The molecule has 2 heteroatoms. The smallest absolute Gasteiger partial charge is 0.0328 e. The van der Waals surface area contributed by atoms with Crippen molar-refractivity contribution < 1.29 is 0 Å². The molecule has 0 amide bonds. The number of hydrogen-bond acceptors (Lipinski definition) is 2. The summed E-state index contributed by atoms with van der Waals surface area (Å²) in [5.74, 6) is 2.26. The van der Waals surface area contributed by atoms with Crippen LogP contribution < -0.4 is 5.32 Å². The molecular formula is C18H29NS. The van der Waals surface area contributed by atoms with E-state index in [9.17, 15) is 0 Å². The van der Waals surface area contributed by atoms with Gasteiger partial charge in [-0.15, -0.1) is 11.8 Å². The third-order valence-corrected chi connectivity index (χ3v) is 5.61. The third-order valence-electron chi connectivity index (χ3n) is 4.29. The summed E-state index contributed by atoms with van der Waals surface area (Å²) in [5.41, 5.74) is 1.51. The van der Waals surface area contributed by atoms with E-state index in [-0.39, 0.29) is 0 Å². The molecule has 0 aromatic heterocycles. The van der Waals surface area contributed by atoms with Gasteiger partial charge in [0.2, 0.25) is 0 Å². The highest BCUT2D eigenvalue weighted by Gasteiger charge is 2.17. The monoisotopic (exact) mass is 291 g/mol. The summed E-state index contributed by atoms with van der Waals surface area (Å²) in [7, 11) is 0. The molecule has 0 spiro atoms. The molecular weight excluding hydrogens is 262 g/mol. The van der Waals surface area contributed by atoms with Crippen LogP contribution in [0.3, 0.4) is 0 Å². The standard InChI is InChI=1S/C18H29NS/c1-3-13-19-17(4-2)16-11-7-8-12-18(16)20-14-15-9-5-6-10-15/h7-8,11-12,15,17,19H,3-6,9-10,13-14H2,1-2H3. The van der Waals surface area contributed by atoms with Crippen molar-refractivity contribution in [2.75, 3.05) is 12.3 Å². The van der Waals surface area contributed by atoms with Crippen molar-refractivity contribution in [1.29, 1.82) is 0 Å². The number of rotatable bonds is 8. The van der Waals surface area contributed by atoms with E-state index >= 15 is 0 Å². The average Bonchev–Trinajstić information content (AvgIpc) is 3.00. The Morgan fingerprint density at radius 1 is 1.20 bits per heavy atom. The minimum Gasteiger partial charge on any atom is -0.310 e. The number of thioether (sulfide) groups is 1. The summed E-state index contributed by atoms with van der Waals surface area (Å²) in [5, 5.41) is 3.69. The van der Waals surface area contributed by atoms with Gasteiger partial charge in [0.05, 0.1) is 0 Å². The van der Waals surface area contributed by atoms with Crippen LogP contribution in [0.2, 0.25) is 0 Å². The van der Waals surface area contributed by atoms with Crippen LogP contribution in [-0.2, 0) is 0 Å². The van der Waals surface area contributed by atoms with Crippen molar-refractivity contribution in [3.63, 3.8) is 0 Å². The zero-order valence-electron chi connectivity index (χ0n) is 13.0. The van der Waals surface area contributed by atoms with Gasteiger partial charge in [-0.1, -0.05) is 44.9 Å². The zero-order valence-corrected chi connectivity index (χ0v) is 13.8. The zero-order chi connectivity index (χ0) is 14.2. The first-order valence-corrected chi connectivity index (χ1v) is 9.28. The molecule has 1 fully saturated rings. The van der Waals surface area contributed by atoms with Crippen LogP contribution in [0.15, 0.2) is 29.2 Å². The highest BCUT2D eigenvalue weighted by Crippen LogP contribution is 2.34. The van der Waals surface area contributed by atoms with Gasteiger partial charge in [0.15, 0.2) is 0 Å². The minimum absolute atomic E-state index is 0.516. The van der Waals surface area contributed by atoms with E-state index in [0.717, 1.165) is 12.5 Å². The van der Waals surface area contributed by atoms with Crippen molar-refractivity contribution in [3.8, 4) is 0 Å². The Kier molecular flexibility index (Phi) is 6.95. The highest BCUT2D eigenvalue weighted by molar-refractivity contribution is 7.99. The predicted molar refractivity (Wildman–Crippen MR) is 90.4 cm³/mol. The molecule has 1 aromatic carbocycles. The van der Waals surface area contributed by atoms with E-state index in [1.807, 2.05) is 0 Å². The van der Waals surface area contributed by atoms with Gasteiger partial charge < -0.3 is 5.32 Å². The highest BCUT2D eigenvalue weighted by atomic mass is 32.2. The summed E-state index contributed by atoms with van der Waals surface area (Å²) in [6, 6.07) is 9.51. The largest absolute Gasteiger partial charge is 0.310 e. The summed E-state index contributed by atoms with van der Waals surface area (Å²) in [4.78, 5) is 1.50. The quantitative estimate of drug-likeness (QED) is 0.642. The molecule has 1 aliphatic rings. The normalized spacial score (nSPS) is 17.5. The summed E-state index contributed by atoms with van der Waals surface area (Å²) in [6.45, 7) is 5.63. The maximum atomic E-state index is 3.69. The Balaban J connectivity index is 1.99. The lowest BCUT2D eigenvalue weighted by Gasteiger charge is -2.21. The first-order chi connectivity index (χ1) is 9.85. The van der Waals surface area contributed by atoms with E-state index in [1.54, 1.807) is 0 Å². The van der Waals surface area contributed by atoms with Crippen molar-refractivity contribution in [2.45, 2.75) is 63.3 Å². The van der Waals surface area contributed by atoms with Crippen LogP contribution in [0.25, 0.3) is 0 Å². The molecule has 0 saturated heterocycles. The van der Waals surface area contributed by atoms with E-state index < -0.39 is 0 Å². The Labute approximate surface area is 128 Å². The second-order valence-corrected chi connectivity index (χ2v) is 6.98. The summed E-state index contributed by atoms with van der Waals surface area (Å²) >= 11 is 2.08. The van der Waals surface area contributed by atoms with Crippen LogP contribution in [0.1, 0.15) is 64.0 Å². The van der Waals surface area contributed by atoms with Gasteiger partial charge in [-0.25, -0.2) is 0 Å². The third kappa shape index (κ3) is 4.53. The van der Waals surface area contributed by atoms with Crippen molar-refractivity contribution in [2.24, 2.45) is 5.92 Å². The minimum atomic E-state index is 0.516. The van der Waals surface area contributed by atoms with Gasteiger partial charge in [0.1, 0.15) is 0 Å². The lowest BCUT2D eigenvalue weighted by atomic mass is 10.0. The molecule has 1 aliphatic carbocycles. The molecule has 1 atom stereocenters. The molecule has 20 heavy (non-hydrogen) atoms. The molecule has 0 heterocycles. The second-order valence-electron chi connectivity index (χ2n) is 5.91. The van der Waals surface area contributed by atoms with Gasteiger partial charge in [-0.2, -0.15) is 0 Å². The predicted octanol–water partition coefficient (Wildman–Crippen LogP) is 5.42. The molecule has 112 valence electrons. The summed E-state index contributed by atoms with van der Waals surface area (Å²) < 4.78 is 0. The van der Waals surface area contributed by atoms with E-state index in [0.29, 0.717) is 6.04 Å². The molecule has 1 nitrogen and oxygen atoms in total. The van der Waals surface area contributed by atoms with E-state index in [4.69, 9.17) is 0 Å². The van der Waals surface area contributed by atoms with Gasteiger partial charge in [0.25, 0.3) is 0 Å². The first kappa shape index (κ1) is 15.9. The van der Waals surface area contributed by atoms with Gasteiger partial charge in [-0.3, -0.25) is 0 Å². The van der Waals surface area contributed by atoms with E-state index in [2.05, 4.69) is 55.2 Å². The maximum Gasteiger partial charge on any atom is 0.0328 e. The average molecular weight is 292 g/mol. The van der Waals surface area contributed by atoms with Crippen molar-refractivity contribution in [3.05, 3.63) is 29.8 Å². The van der Waals surface area contributed by atoms with E-state index in [1.165, 1.54) is 54.7 Å². The fourth-order valence-electron chi connectivity index (χ4n) is 3.08. The fourth-order valence-corrected chi connectivity index (χ4v) is 4.38. The van der Waals surface area contributed by atoms with Crippen LogP contribution in [0.4, 0.5) is 0 Å². The van der Waals surface area contributed by atoms with Crippen LogP contribution in [0.5, 0.6) is 0 Å². The Morgan fingerprint density at radius 2 is 1.95 bits per heavy atom. The SMILES string of the molecule is CCCNC(CC)c1ccccc1SCC1CCCC1. The van der Waals surface area contributed by atoms with Gasteiger partial charge in [0, 0.05) is 16.7 Å². The van der Waals surface area contributed by atoms with Crippen LogP contribution in [-0.4, -0.2) is 12.3 Å². The maximum absolute atomic E-state index is 3.69. The topological polar surface area (TPSA) is 12.0 Å².